The fourth-order valence-corrected chi connectivity index (χ4v) is 1.88. The lowest BCUT2D eigenvalue weighted by molar-refractivity contribution is -0.124. The molecule has 0 radical (unpaired) electrons. The van der Waals surface area contributed by atoms with Gasteiger partial charge in [-0.05, 0) is 26.1 Å². The molecule has 0 spiro atoms. The van der Waals surface area contributed by atoms with Gasteiger partial charge in [0.05, 0.1) is 0 Å². The Balaban J connectivity index is 2.43. The summed E-state index contributed by atoms with van der Waals surface area (Å²) in [5.74, 6) is 0.0990. The Morgan fingerprint density at radius 2 is 1.84 bits per heavy atom. The van der Waals surface area contributed by atoms with Gasteiger partial charge in [-0.1, -0.05) is 25.1 Å². The predicted molar refractivity (Wildman–Crippen MR) is 80.4 cm³/mol. The van der Waals surface area contributed by atoms with Gasteiger partial charge in [0.2, 0.25) is 5.91 Å². The zero-order chi connectivity index (χ0) is 14.3. The van der Waals surface area contributed by atoms with Gasteiger partial charge in [0.1, 0.15) is 0 Å². The molecular formula is C15H25N3O. The molecule has 0 aliphatic heterocycles. The fraction of sp³-hybridized carbons (Fsp3) is 0.533. The van der Waals surface area contributed by atoms with E-state index in [9.17, 15) is 4.79 Å². The normalized spacial score (nSPS) is 13.7. The molecule has 0 aliphatic carbocycles. The largest absolute Gasteiger partial charge is 0.370 e. The lowest BCUT2D eigenvalue weighted by Crippen LogP contribution is -2.43. The van der Waals surface area contributed by atoms with Crippen molar-refractivity contribution in [2.24, 2.45) is 5.92 Å². The summed E-state index contributed by atoms with van der Waals surface area (Å²) in [4.78, 5) is 14.0. The second-order valence-electron chi connectivity index (χ2n) is 5.00. The predicted octanol–water partition coefficient (Wildman–Crippen LogP) is 1.48. The van der Waals surface area contributed by atoms with Crippen LogP contribution >= 0.6 is 0 Å². The zero-order valence-electron chi connectivity index (χ0n) is 12.3. The van der Waals surface area contributed by atoms with E-state index in [0.717, 1.165) is 5.69 Å². The number of likely N-dealkylation sites (N-methyl/N-ethyl adjacent to an activating group) is 1. The van der Waals surface area contributed by atoms with E-state index in [1.807, 2.05) is 39.2 Å². The van der Waals surface area contributed by atoms with Crippen molar-refractivity contribution in [2.75, 3.05) is 32.1 Å². The van der Waals surface area contributed by atoms with Gasteiger partial charge in [0.25, 0.3) is 0 Å². The summed E-state index contributed by atoms with van der Waals surface area (Å²) in [7, 11) is 3.90. The van der Waals surface area contributed by atoms with Crippen LogP contribution in [0.15, 0.2) is 30.3 Å². The number of benzene rings is 1. The minimum Gasteiger partial charge on any atom is -0.370 e. The highest BCUT2D eigenvalue weighted by Crippen LogP contribution is 2.13. The lowest BCUT2D eigenvalue weighted by Gasteiger charge is -2.27. The summed E-state index contributed by atoms with van der Waals surface area (Å²) in [5, 5.41) is 6.01. The highest BCUT2D eigenvalue weighted by atomic mass is 16.1. The summed E-state index contributed by atoms with van der Waals surface area (Å²) in [6.45, 7) is 5.39. The first kappa shape index (κ1) is 15.5. The van der Waals surface area contributed by atoms with Gasteiger partial charge < -0.3 is 15.5 Å². The number of hydrogen-bond acceptors (Lipinski definition) is 3. The average molecular weight is 263 g/mol. The monoisotopic (exact) mass is 263 g/mol. The highest BCUT2D eigenvalue weighted by Gasteiger charge is 2.14. The highest BCUT2D eigenvalue weighted by molar-refractivity contribution is 5.78. The van der Waals surface area contributed by atoms with Gasteiger partial charge in [-0.3, -0.25) is 4.79 Å². The molecular weight excluding hydrogens is 238 g/mol. The third-order valence-electron chi connectivity index (χ3n) is 3.35. The van der Waals surface area contributed by atoms with Crippen molar-refractivity contribution >= 4 is 11.6 Å². The van der Waals surface area contributed by atoms with Crippen LogP contribution in [0.2, 0.25) is 0 Å². The summed E-state index contributed by atoms with van der Waals surface area (Å²) in [6, 6.07) is 10.4. The van der Waals surface area contributed by atoms with Crippen LogP contribution in [0.5, 0.6) is 0 Å². The summed E-state index contributed by atoms with van der Waals surface area (Å²) in [6.07, 6.45) is 0. The summed E-state index contributed by atoms with van der Waals surface area (Å²) in [5.41, 5.74) is 1.16. The molecule has 4 nitrogen and oxygen atoms in total. The molecule has 2 N–H and O–H groups in total. The van der Waals surface area contributed by atoms with Crippen LogP contribution in [-0.2, 0) is 4.79 Å². The number of carbonyl (C=O) groups is 1. The van der Waals surface area contributed by atoms with E-state index in [0.29, 0.717) is 13.1 Å². The van der Waals surface area contributed by atoms with Crippen molar-refractivity contribution in [3.8, 4) is 0 Å². The van der Waals surface area contributed by atoms with Crippen LogP contribution in [0.1, 0.15) is 13.8 Å². The molecule has 2 unspecified atom stereocenters. The molecule has 1 amide bonds. The molecule has 106 valence electrons. The molecule has 19 heavy (non-hydrogen) atoms. The quantitative estimate of drug-likeness (QED) is 0.783. The molecule has 0 aliphatic rings. The van der Waals surface area contributed by atoms with Crippen LogP contribution in [-0.4, -0.2) is 39.1 Å². The van der Waals surface area contributed by atoms with Crippen LogP contribution in [0.25, 0.3) is 0 Å². The summed E-state index contributed by atoms with van der Waals surface area (Å²) >= 11 is 0. The number of para-hydroxylation sites is 1. The first-order valence-corrected chi connectivity index (χ1v) is 6.76. The number of nitrogens with one attached hydrogen (secondary N) is 2. The first-order valence-electron chi connectivity index (χ1n) is 6.76. The van der Waals surface area contributed by atoms with Gasteiger partial charge in [-0.15, -0.1) is 0 Å². The molecule has 2 atom stereocenters. The smallest absolute Gasteiger partial charge is 0.224 e. The van der Waals surface area contributed by atoms with E-state index in [1.54, 1.807) is 0 Å². The Bertz CT molecular complexity index is 380. The Labute approximate surface area is 116 Å². The molecule has 1 rings (SSSR count). The Hall–Kier alpha value is -1.55. The van der Waals surface area contributed by atoms with Crippen LogP contribution in [0.4, 0.5) is 5.69 Å². The van der Waals surface area contributed by atoms with Crippen molar-refractivity contribution in [2.45, 2.75) is 19.9 Å². The molecule has 1 aromatic rings. The van der Waals surface area contributed by atoms with Gasteiger partial charge in [-0.25, -0.2) is 0 Å². The maximum absolute atomic E-state index is 11.8. The van der Waals surface area contributed by atoms with Gasteiger partial charge in [0, 0.05) is 37.8 Å². The maximum atomic E-state index is 11.8. The zero-order valence-corrected chi connectivity index (χ0v) is 12.3. The Morgan fingerprint density at radius 3 is 2.42 bits per heavy atom. The average Bonchev–Trinajstić information content (AvgIpc) is 2.44. The minimum atomic E-state index is -0.000712. The fourth-order valence-electron chi connectivity index (χ4n) is 1.88. The first-order chi connectivity index (χ1) is 9.06. The molecule has 4 heteroatoms. The van der Waals surface area contributed by atoms with Gasteiger partial charge >= 0.3 is 0 Å². The molecule has 0 saturated heterocycles. The van der Waals surface area contributed by atoms with Crippen molar-refractivity contribution in [1.82, 2.24) is 10.6 Å². The van der Waals surface area contributed by atoms with Crippen LogP contribution in [0.3, 0.4) is 0 Å². The Morgan fingerprint density at radius 1 is 1.21 bits per heavy atom. The second kappa shape index (κ2) is 7.79. The van der Waals surface area contributed by atoms with E-state index >= 15 is 0 Å². The molecule has 0 fully saturated rings. The van der Waals surface area contributed by atoms with E-state index in [2.05, 4.69) is 34.6 Å². The molecule has 0 bridgehead atoms. The Kier molecular flexibility index (Phi) is 6.36. The van der Waals surface area contributed by atoms with Gasteiger partial charge in [-0.2, -0.15) is 0 Å². The van der Waals surface area contributed by atoms with Crippen molar-refractivity contribution < 1.29 is 4.79 Å². The summed E-state index contributed by atoms with van der Waals surface area (Å²) < 4.78 is 0. The third kappa shape index (κ3) is 4.91. The number of carbonyl (C=O) groups excluding carboxylic acids is 1. The molecule has 0 heterocycles. The van der Waals surface area contributed by atoms with E-state index in [-0.39, 0.29) is 17.9 Å². The minimum absolute atomic E-state index is 0.000712. The van der Waals surface area contributed by atoms with Crippen LogP contribution in [0, 0.1) is 5.92 Å². The molecule has 0 saturated carbocycles. The lowest BCUT2D eigenvalue weighted by atomic mass is 10.1. The van der Waals surface area contributed by atoms with Crippen molar-refractivity contribution in [3.05, 3.63) is 30.3 Å². The maximum Gasteiger partial charge on any atom is 0.224 e. The SMILES string of the molecule is CNCC(C)C(=O)NCC(C)N(C)c1ccccc1. The van der Waals surface area contributed by atoms with E-state index in [4.69, 9.17) is 0 Å². The molecule has 1 aromatic carbocycles. The van der Waals surface area contributed by atoms with E-state index < -0.39 is 0 Å². The van der Waals surface area contributed by atoms with Crippen molar-refractivity contribution in [3.63, 3.8) is 0 Å². The number of rotatable bonds is 7. The van der Waals surface area contributed by atoms with Crippen molar-refractivity contribution in [1.29, 1.82) is 0 Å². The third-order valence-corrected chi connectivity index (χ3v) is 3.35. The van der Waals surface area contributed by atoms with E-state index in [1.165, 1.54) is 0 Å². The van der Waals surface area contributed by atoms with Gasteiger partial charge in [0.15, 0.2) is 0 Å². The second-order valence-corrected chi connectivity index (χ2v) is 5.00. The standard InChI is InChI=1S/C15H25N3O/c1-12(10-16-3)15(19)17-11-13(2)18(4)14-8-6-5-7-9-14/h5-9,12-13,16H,10-11H2,1-4H3,(H,17,19). The number of hydrogen-bond donors (Lipinski definition) is 2. The number of anilines is 1. The molecule has 0 aromatic heterocycles. The topological polar surface area (TPSA) is 44.4 Å². The number of amides is 1. The van der Waals surface area contributed by atoms with Crippen LogP contribution < -0.4 is 15.5 Å². The number of nitrogens with zero attached hydrogens (tertiary/aromatic N) is 1.